The molecule has 1 saturated heterocycles. The summed E-state index contributed by atoms with van der Waals surface area (Å²) in [6.07, 6.45) is -1.06. The van der Waals surface area contributed by atoms with Gasteiger partial charge in [0.25, 0.3) is 5.91 Å². The molecule has 1 aliphatic heterocycles. The fourth-order valence-corrected chi connectivity index (χ4v) is 4.53. The highest BCUT2D eigenvalue weighted by molar-refractivity contribution is 7.89. The van der Waals surface area contributed by atoms with Crippen LogP contribution >= 0.6 is 0 Å². The minimum absolute atomic E-state index is 0.130. The number of methoxy groups -OCH3 is 1. The molecule has 0 aliphatic carbocycles. The molecule has 0 radical (unpaired) electrons. The van der Waals surface area contributed by atoms with E-state index in [1.807, 2.05) is 6.92 Å². The summed E-state index contributed by atoms with van der Waals surface area (Å²) >= 11 is 0. The first-order chi connectivity index (χ1) is 15.2. The Hall–Kier alpha value is -2.95. The fraction of sp³-hybridized carbons (Fsp3) is 0.364. The van der Waals surface area contributed by atoms with Gasteiger partial charge in [0.2, 0.25) is 10.0 Å². The lowest BCUT2D eigenvalue weighted by Gasteiger charge is -2.26. The number of rotatable bonds is 7. The van der Waals surface area contributed by atoms with E-state index >= 15 is 0 Å². The van der Waals surface area contributed by atoms with Gasteiger partial charge in [-0.25, -0.2) is 13.2 Å². The first-order valence-electron chi connectivity index (χ1n) is 10.1. The molecule has 1 atom stereocenters. The molecule has 3 rings (SSSR count). The Morgan fingerprint density at radius 3 is 2.38 bits per heavy atom. The van der Waals surface area contributed by atoms with E-state index in [9.17, 15) is 18.0 Å². The van der Waals surface area contributed by atoms with Crippen molar-refractivity contribution in [2.75, 3.05) is 38.7 Å². The van der Waals surface area contributed by atoms with Crippen LogP contribution < -0.4 is 10.1 Å². The van der Waals surface area contributed by atoms with Crippen LogP contribution in [0.4, 0.5) is 5.69 Å². The number of ether oxygens (including phenoxy) is 3. The molecule has 0 bridgehead atoms. The molecule has 0 saturated carbocycles. The van der Waals surface area contributed by atoms with Crippen molar-refractivity contribution >= 4 is 27.6 Å². The number of carbonyl (C=O) groups is 2. The Balaban J connectivity index is 1.61. The van der Waals surface area contributed by atoms with Gasteiger partial charge < -0.3 is 19.5 Å². The molecule has 10 heteroatoms. The number of esters is 1. The highest BCUT2D eigenvalue weighted by atomic mass is 32.2. The molecule has 1 amide bonds. The number of hydrogen-bond acceptors (Lipinski definition) is 7. The number of benzene rings is 2. The molecule has 0 aromatic heterocycles. The Kier molecular flexibility index (Phi) is 7.49. The molecule has 1 heterocycles. The topological polar surface area (TPSA) is 111 Å². The minimum atomic E-state index is -3.62. The number of aryl methyl sites for hydroxylation is 1. The van der Waals surface area contributed by atoms with Crippen molar-refractivity contribution in [2.24, 2.45) is 0 Å². The third-order valence-corrected chi connectivity index (χ3v) is 6.94. The predicted molar refractivity (Wildman–Crippen MR) is 117 cm³/mol. The van der Waals surface area contributed by atoms with Crippen molar-refractivity contribution in [3.63, 3.8) is 0 Å². The molecular weight excluding hydrogens is 436 g/mol. The van der Waals surface area contributed by atoms with E-state index < -0.39 is 28.0 Å². The Labute approximate surface area is 187 Å². The van der Waals surface area contributed by atoms with Crippen molar-refractivity contribution < 1.29 is 32.2 Å². The van der Waals surface area contributed by atoms with Gasteiger partial charge in [-0.2, -0.15) is 4.31 Å². The zero-order valence-corrected chi connectivity index (χ0v) is 19.0. The standard InChI is InChI=1S/C22H26N2O7S/c1-15-4-5-17(14-20(15)29-3)22(26)31-16(2)21(25)23-18-6-8-19(9-7-18)32(27,28)24-10-12-30-13-11-24/h4-9,14,16H,10-13H2,1-3H3,(H,23,25). The summed E-state index contributed by atoms with van der Waals surface area (Å²) in [6, 6.07) is 10.7. The van der Waals surface area contributed by atoms with Gasteiger partial charge in [-0.15, -0.1) is 0 Å². The van der Waals surface area contributed by atoms with Gasteiger partial charge in [-0.1, -0.05) is 6.07 Å². The number of amides is 1. The Morgan fingerprint density at radius 2 is 1.75 bits per heavy atom. The monoisotopic (exact) mass is 462 g/mol. The van der Waals surface area contributed by atoms with Gasteiger partial charge in [-0.3, -0.25) is 4.79 Å². The van der Waals surface area contributed by atoms with Gasteiger partial charge in [-0.05, 0) is 55.8 Å². The second-order valence-electron chi connectivity index (χ2n) is 7.26. The van der Waals surface area contributed by atoms with Crippen molar-refractivity contribution in [1.29, 1.82) is 0 Å². The molecule has 1 unspecified atom stereocenters. The minimum Gasteiger partial charge on any atom is -0.496 e. The number of sulfonamides is 1. The number of morpholine rings is 1. The SMILES string of the molecule is COc1cc(C(=O)OC(C)C(=O)Nc2ccc(S(=O)(=O)N3CCOCC3)cc2)ccc1C. The molecule has 2 aromatic rings. The van der Waals surface area contributed by atoms with Crippen LogP contribution in [-0.4, -0.2) is 64.1 Å². The lowest BCUT2D eigenvalue weighted by molar-refractivity contribution is -0.123. The molecule has 1 fully saturated rings. The van der Waals surface area contributed by atoms with E-state index in [0.717, 1.165) is 5.56 Å². The maximum atomic E-state index is 12.7. The van der Waals surface area contributed by atoms with Gasteiger partial charge >= 0.3 is 5.97 Å². The fourth-order valence-electron chi connectivity index (χ4n) is 3.12. The van der Waals surface area contributed by atoms with Crippen LogP contribution in [0.15, 0.2) is 47.4 Å². The molecule has 1 N–H and O–H groups in total. The van der Waals surface area contributed by atoms with E-state index in [1.54, 1.807) is 18.2 Å². The lowest BCUT2D eigenvalue weighted by Crippen LogP contribution is -2.40. The molecule has 0 spiro atoms. The number of nitrogens with one attached hydrogen (secondary N) is 1. The quantitative estimate of drug-likeness (QED) is 0.628. The summed E-state index contributed by atoms with van der Waals surface area (Å²) in [6.45, 7) is 4.63. The first-order valence-corrected chi connectivity index (χ1v) is 11.5. The molecule has 32 heavy (non-hydrogen) atoms. The molecule has 1 aliphatic rings. The predicted octanol–water partition coefficient (Wildman–Crippen LogP) is 2.21. The maximum Gasteiger partial charge on any atom is 0.339 e. The zero-order chi connectivity index (χ0) is 23.3. The summed E-state index contributed by atoms with van der Waals surface area (Å²) in [4.78, 5) is 24.9. The largest absolute Gasteiger partial charge is 0.496 e. The average Bonchev–Trinajstić information content (AvgIpc) is 2.80. The third kappa shape index (κ3) is 5.45. The maximum absolute atomic E-state index is 12.7. The Morgan fingerprint density at radius 1 is 1.09 bits per heavy atom. The normalized spacial score (nSPS) is 15.6. The van der Waals surface area contributed by atoms with Crippen LogP contribution in [0.25, 0.3) is 0 Å². The third-order valence-electron chi connectivity index (χ3n) is 5.03. The van der Waals surface area contributed by atoms with Crippen molar-refractivity contribution in [1.82, 2.24) is 4.31 Å². The van der Waals surface area contributed by atoms with E-state index in [1.165, 1.54) is 42.6 Å². The van der Waals surface area contributed by atoms with Gasteiger partial charge in [0.15, 0.2) is 6.10 Å². The van der Waals surface area contributed by atoms with Crippen LogP contribution in [0.3, 0.4) is 0 Å². The van der Waals surface area contributed by atoms with Crippen LogP contribution in [0.1, 0.15) is 22.8 Å². The summed E-state index contributed by atoms with van der Waals surface area (Å²) in [5.74, 6) is -0.650. The number of hydrogen-bond donors (Lipinski definition) is 1. The van der Waals surface area contributed by atoms with Crippen molar-refractivity contribution in [3.05, 3.63) is 53.6 Å². The zero-order valence-electron chi connectivity index (χ0n) is 18.2. The Bertz CT molecular complexity index is 1080. The smallest absolute Gasteiger partial charge is 0.339 e. The summed E-state index contributed by atoms with van der Waals surface area (Å²) in [5.41, 5.74) is 1.52. The molecule has 172 valence electrons. The molecule has 2 aromatic carbocycles. The van der Waals surface area contributed by atoms with E-state index in [4.69, 9.17) is 14.2 Å². The van der Waals surface area contributed by atoms with Gasteiger partial charge in [0, 0.05) is 18.8 Å². The average molecular weight is 463 g/mol. The summed E-state index contributed by atoms with van der Waals surface area (Å²) in [5, 5.41) is 2.62. The van der Waals surface area contributed by atoms with Crippen molar-refractivity contribution in [2.45, 2.75) is 24.8 Å². The summed E-state index contributed by atoms with van der Waals surface area (Å²) in [7, 11) is -2.11. The lowest BCUT2D eigenvalue weighted by atomic mass is 10.1. The van der Waals surface area contributed by atoms with Crippen molar-refractivity contribution in [3.8, 4) is 5.75 Å². The van der Waals surface area contributed by atoms with Crippen LogP contribution in [-0.2, 0) is 24.3 Å². The van der Waals surface area contributed by atoms with Gasteiger partial charge in [0.05, 0.1) is 30.8 Å². The van der Waals surface area contributed by atoms with E-state index in [-0.39, 0.29) is 10.5 Å². The highest BCUT2D eigenvalue weighted by Gasteiger charge is 2.26. The van der Waals surface area contributed by atoms with Crippen LogP contribution in [0.2, 0.25) is 0 Å². The first kappa shape index (κ1) is 23.7. The second kappa shape index (κ2) is 10.1. The summed E-state index contributed by atoms with van der Waals surface area (Å²) < 4.78 is 42.3. The highest BCUT2D eigenvalue weighted by Crippen LogP contribution is 2.21. The number of anilines is 1. The number of nitrogens with zero attached hydrogens (tertiary/aromatic N) is 1. The molecule has 9 nitrogen and oxygen atoms in total. The van der Waals surface area contributed by atoms with Gasteiger partial charge in [0.1, 0.15) is 5.75 Å². The number of carbonyl (C=O) groups excluding carboxylic acids is 2. The van der Waals surface area contributed by atoms with Crippen LogP contribution in [0, 0.1) is 6.92 Å². The van der Waals surface area contributed by atoms with E-state index in [0.29, 0.717) is 37.7 Å². The second-order valence-corrected chi connectivity index (χ2v) is 9.20. The van der Waals surface area contributed by atoms with E-state index in [2.05, 4.69) is 5.32 Å². The molecular formula is C22H26N2O7S. The van der Waals surface area contributed by atoms with Crippen LogP contribution in [0.5, 0.6) is 5.75 Å².